The lowest BCUT2D eigenvalue weighted by atomic mass is 9.94. The largest absolute Gasteiger partial charge is 0.496 e. The highest BCUT2D eigenvalue weighted by Crippen LogP contribution is 2.35. The molecule has 0 bridgehead atoms. The van der Waals surface area contributed by atoms with E-state index in [9.17, 15) is 18.0 Å². The molecule has 2 aromatic heterocycles. The summed E-state index contributed by atoms with van der Waals surface area (Å²) in [6, 6.07) is 7.60. The van der Waals surface area contributed by atoms with Crippen molar-refractivity contribution in [3.63, 3.8) is 0 Å². The number of pyridine rings is 1. The maximum atomic E-state index is 12.9. The summed E-state index contributed by atoms with van der Waals surface area (Å²) >= 11 is 0. The van der Waals surface area contributed by atoms with E-state index >= 15 is 0 Å². The summed E-state index contributed by atoms with van der Waals surface area (Å²) in [6.07, 6.45) is -0.568. The summed E-state index contributed by atoms with van der Waals surface area (Å²) in [6.45, 7) is 4.58. The smallest absolute Gasteiger partial charge is 0.406 e. The van der Waals surface area contributed by atoms with E-state index in [1.54, 1.807) is 12.3 Å². The molecule has 1 aromatic carbocycles. The molecule has 0 unspecified atom stereocenters. The van der Waals surface area contributed by atoms with Crippen molar-refractivity contribution in [1.82, 2.24) is 19.2 Å². The van der Waals surface area contributed by atoms with E-state index in [-0.39, 0.29) is 17.9 Å². The average molecular weight is 519 g/mol. The zero-order valence-corrected chi connectivity index (χ0v) is 20.8. The fraction of sp³-hybridized carbons (Fsp3) is 0.462. The Hall–Kier alpha value is -3.31. The Kier molecular flexibility index (Phi) is 7.00. The fourth-order valence-electron chi connectivity index (χ4n) is 4.94. The van der Waals surface area contributed by atoms with Crippen LogP contribution in [-0.2, 0) is 11.2 Å². The topological polar surface area (TPSA) is 68.5 Å². The molecule has 2 aliphatic heterocycles. The maximum absolute atomic E-state index is 12.9. The van der Waals surface area contributed by atoms with Gasteiger partial charge in [-0.25, -0.2) is 4.98 Å². The van der Waals surface area contributed by atoms with E-state index in [0.29, 0.717) is 36.0 Å². The van der Waals surface area contributed by atoms with Crippen molar-refractivity contribution in [3.05, 3.63) is 47.8 Å². The summed E-state index contributed by atoms with van der Waals surface area (Å²) in [5.74, 6) is 0.286. The standard InChI is InChI=1S/C26H29F3N4O4/c1-17-15-36-9-7-31(17)8-10-37-20-4-6-33-21(14-30-23(33)13-20)19-11-18-3-5-32(16-26(27,28)29)25(34)24(18)22(12-19)35-2/h4,6,11-14,17H,3,5,7-10,15-16H2,1-2H3/t17-/m1/s1. The molecule has 0 radical (unpaired) electrons. The van der Waals surface area contributed by atoms with E-state index in [1.807, 2.05) is 28.8 Å². The number of rotatable bonds is 7. The van der Waals surface area contributed by atoms with Crippen molar-refractivity contribution in [2.45, 2.75) is 25.6 Å². The normalized spacial score (nSPS) is 18.8. The molecule has 5 rings (SSSR count). The molecule has 8 nitrogen and oxygen atoms in total. The highest BCUT2D eigenvalue weighted by Gasteiger charge is 2.37. The van der Waals surface area contributed by atoms with E-state index in [2.05, 4.69) is 16.8 Å². The highest BCUT2D eigenvalue weighted by molar-refractivity contribution is 6.00. The number of carbonyl (C=O) groups excluding carboxylic acids is 1. The van der Waals surface area contributed by atoms with Crippen LogP contribution in [-0.4, -0.2) is 90.4 Å². The number of nitrogens with zero attached hydrogens (tertiary/aromatic N) is 4. The number of halogens is 3. The maximum Gasteiger partial charge on any atom is 0.406 e. The van der Waals surface area contributed by atoms with Crippen molar-refractivity contribution < 1.29 is 32.2 Å². The van der Waals surface area contributed by atoms with Gasteiger partial charge in [-0.2, -0.15) is 13.2 Å². The molecule has 0 aliphatic carbocycles. The molecule has 1 fully saturated rings. The van der Waals surface area contributed by atoms with E-state index in [0.717, 1.165) is 42.5 Å². The Balaban J connectivity index is 1.35. The number of carbonyl (C=O) groups is 1. The second-order valence-electron chi connectivity index (χ2n) is 9.35. The molecule has 11 heteroatoms. The van der Waals surface area contributed by atoms with Crippen LogP contribution in [0.3, 0.4) is 0 Å². The van der Waals surface area contributed by atoms with Gasteiger partial charge in [-0.3, -0.25) is 14.1 Å². The van der Waals surface area contributed by atoms with Gasteiger partial charge in [0.2, 0.25) is 0 Å². The van der Waals surface area contributed by atoms with E-state index < -0.39 is 18.6 Å². The lowest BCUT2D eigenvalue weighted by Gasteiger charge is -2.32. The average Bonchev–Trinajstić information content (AvgIpc) is 3.29. The Bertz CT molecular complexity index is 1280. The quantitative estimate of drug-likeness (QED) is 0.476. The lowest BCUT2D eigenvalue weighted by Crippen LogP contribution is -2.45. The van der Waals surface area contributed by atoms with Crippen molar-refractivity contribution in [1.29, 1.82) is 0 Å². The second kappa shape index (κ2) is 10.2. The number of ether oxygens (including phenoxy) is 3. The summed E-state index contributed by atoms with van der Waals surface area (Å²) in [5.41, 5.74) is 3.06. The van der Waals surface area contributed by atoms with Gasteiger partial charge in [0.1, 0.15) is 30.3 Å². The molecule has 1 saturated heterocycles. The van der Waals surface area contributed by atoms with Crippen molar-refractivity contribution in [3.8, 4) is 22.8 Å². The van der Waals surface area contributed by atoms with Crippen LogP contribution in [0, 0.1) is 0 Å². The summed E-state index contributed by atoms with van der Waals surface area (Å²) < 4.78 is 57.5. The highest BCUT2D eigenvalue weighted by atomic mass is 19.4. The minimum absolute atomic E-state index is 0.00493. The van der Waals surface area contributed by atoms with Gasteiger partial charge in [-0.15, -0.1) is 0 Å². The molecular weight excluding hydrogens is 489 g/mol. The molecular formula is C26H29F3N4O4. The Morgan fingerprint density at radius 2 is 2.05 bits per heavy atom. The first-order chi connectivity index (χ1) is 17.7. The van der Waals surface area contributed by atoms with Crippen LogP contribution in [0.2, 0.25) is 0 Å². The zero-order valence-electron chi connectivity index (χ0n) is 20.8. The Labute approximate surface area is 212 Å². The monoisotopic (exact) mass is 518 g/mol. The first-order valence-corrected chi connectivity index (χ1v) is 12.2. The molecule has 1 amide bonds. The SMILES string of the molecule is COc1cc(-c2cnc3cc(OCCN4CCOC[C@H]4C)ccn23)cc2c1C(=O)N(CC(F)(F)F)CC2. The van der Waals surface area contributed by atoms with Gasteiger partial charge in [0, 0.05) is 43.5 Å². The molecule has 0 saturated carbocycles. The predicted octanol–water partition coefficient (Wildman–Crippen LogP) is 3.67. The van der Waals surface area contributed by atoms with Gasteiger partial charge in [0.25, 0.3) is 5.91 Å². The number of alkyl halides is 3. The van der Waals surface area contributed by atoms with Crippen LogP contribution in [0.15, 0.2) is 36.7 Å². The molecule has 1 atom stereocenters. The minimum atomic E-state index is -4.46. The number of hydrogen-bond donors (Lipinski definition) is 0. The van der Waals surface area contributed by atoms with Crippen molar-refractivity contribution >= 4 is 11.6 Å². The van der Waals surface area contributed by atoms with Gasteiger partial charge >= 0.3 is 6.18 Å². The Morgan fingerprint density at radius 1 is 1.22 bits per heavy atom. The number of methoxy groups -OCH3 is 1. The summed E-state index contributed by atoms with van der Waals surface area (Å²) in [7, 11) is 1.41. The second-order valence-corrected chi connectivity index (χ2v) is 9.35. The van der Waals surface area contributed by atoms with E-state index in [4.69, 9.17) is 14.2 Å². The van der Waals surface area contributed by atoms with Crippen LogP contribution < -0.4 is 9.47 Å². The lowest BCUT2D eigenvalue weighted by molar-refractivity contribution is -0.141. The first kappa shape index (κ1) is 25.3. The van der Waals surface area contributed by atoms with Crippen molar-refractivity contribution in [2.75, 3.05) is 53.1 Å². The third kappa shape index (κ3) is 5.37. The molecule has 3 aromatic rings. The minimum Gasteiger partial charge on any atom is -0.496 e. The van der Waals surface area contributed by atoms with Crippen molar-refractivity contribution in [2.24, 2.45) is 0 Å². The fourth-order valence-corrected chi connectivity index (χ4v) is 4.94. The third-order valence-corrected chi connectivity index (χ3v) is 6.86. The predicted molar refractivity (Wildman–Crippen MR) is 130 cm³/mol. The van der Waals surface area contributed by atoms with Crippen LogP contribution >= 0.6 is 0 Å². The summed E-state index contributed by atoms with van der Waals surface area (Å²) in [4.78, 5) is 20.5. The van der Waals surface area contributed by atoms with Crippen LogP contribution in [0.1, 0.15) is 22.8 Å². The zero-order chi connectivity index (χ0) is 26.2. The van der Waals surface area contributed by atoms with Gasteiger partial charge in [-0.1, -0.05) is 0 Å². The number of morpholine rings is 1. The van der Waals surface area contributed by atoms with Gasteiger partial charge in [0.15, 0.2) is 0 Å². The molecule has 0 N–H and O–H groups in total. The van der Waals surface area contributed by atoms with Crippen LogP contribution in [0.4, 0.5) is 13.2 Å². The molecule has 2 aliphatic rings. The molecule has 4 heterocycles. The third-order valence-electron chi connectivity index (χ3n) is 6.86. The molecule has 37 heavy (non-hydrogen) atoms. The number of fused-ring (bicyclic) bond motifs is 2. The van der Waals surface area contributed by atoms with Crippen LogP contribution in [0.25, 0.3) is 16.9 Å². The summed E-state index contributed by atoms with van der Waals surface area (Å²) in [5, 5.41) is 0. The van der Waals surface area contributed by atoms with E-state index in [1.165, 1.54) is 7.11 Å². The number of hydrogen-bond acceptors (Lipinski definition) is 6. The number of benzene rings is 1. The molecule has 0 spiro atoms. The number of imidazole rings is 1. The van der Waals surface area contributed by atoms with Gasteiger partial charge < -0.3 is 19.1 Å². The van der Waals surface area contributed by atoms with Gasteiger partial charge in [0.05, 0.1) is 37.8 Å². The Morgan fingerprint density at radius 3 is 2.81 bits per heavy atom. The first-order valence-electron chi connectivity index (χ1n) is 12.2. The molecule has 198 valence electrons. The number of amides is 1. The number of aromatic nitrogens is 2. The van der Waals surface area contributed by atoms with Crippen LogP contribution in [0.5, 0.6) is 11.5 Å². The van der Waals surface area contributed by atoms with Gasteiger partial charge in [-0.05, 0) is 37.1 Å².